The number of aromatic amines is 1. The van der Waals surface area contributed by atoms with Crippen LogP contribution in [0.5, 0.6) is 0 Å². The molecule has 4 rings (SSSR count). The van der Waals surface area contributed by atoms with E-state index in [0.717, 1.165) is 39.8 Å². The van der Waals surface area contributed by atoms with Crippen LogP contribution in [0.3, 0.4) is 0 Å². The molecule has 0 radical (unpaired) electrons. The lowest BCUT2D eigenvalue weighted by Crippen LogP contribution is -1.82. The Morgan fingerprint density at radius 2 is 1.80 bits per heavy atom. The molecule has 0 aliphatic heterocycles. The molecule has 1 aromatic carbocycles. The first kappa shape index (κ1) is 16.1. The molecular weight excluding hydrogens is 350 g/mol. The van der Waals surface area contributed by atoms with Crippen LogP contribution in [0.15, 0.2) is 60.2 Å². The fourth-order valence-electron chi connectivity index (χ4n) is 2.71. The summed E-state index contributed by atoms with van der Waals surface area (Å²) < 4.78 is 0. The first-order valence-electron chi connectivity index (χ1n) is 8.08. The summed E-state index contributed by atoms with van der Waals surface area (Å²) in [5, 5.41) is 2.92. The van der Waals surface area contributed by atoms with Crippen LogP contribution in [0.4, 0.5) is 0 Å². The highest BCUT2D eigenvalue weighted by atomic mass is 35.5. The zero-order chi connectivity index (χ0) is 17.2. The van der Waals surface area contributed by atoms with Gasteiger partial charge in [-0.3, -0.25) is 4.98 Å². The molecule has 3 heterocycles. The van der Waals surface area contributed by atoms with E-state index in [0.29, 0.717) is 0 Å². The SMILES string of the molecule is CCc1csc(-c2[nH]c(-c3ccc(Cl)cc3)nc2-c2ccncc2)c1. The summed E-state index contributed by atoms with van der Waals surface area (Å²) in [6.07, 6.45) is 4.61. The number of H-pyrrole nitrogens is 1. The first-order valence-corrected chi connectivity index (χ1v) is 9.34. The van der Waals surface area contributed by atoms with E-state index < -0.39 is 0 Å². The van der Waals surface area contributed by atoms with E-state index in [2.05, 4.69) is 28.3 Å². The summed E-state index contributed by atoms with van der Waals surface area (Å²) in [6, 6.07) is 13.9. The summed E-state index contributed by atoms with van der Waals surface area (Å²) in [4.78, 5) is 13.7. The minimum absolute atomic E-state index is 0.718. The molecule has 3 nitrogen and oxygen atoms in total. The smallest absolute Gasteiger partial charge is 0.138 e. The molecule has 4 aromatic rings. The minimum atomic E-state index is 0.718. The summed E-state index contributed by atoms with van der Waals surface area (Å²) in [7, 11) is 0. The topological polar surface area (TPSA) is 41.6 Å². The van der Waals surface area contributed by atoms with Crippen LogP contribution < -0.4 is 0 Å². The van der Waals surface area contributed by atoms with Crippen molar-refractivity contribution in [3.8, 4) is 33.2 Å². The molecule has 0 unspecified atom stereocenters. The van der Waals surface area contributed by atoms with Gasteiger partial charge < -0.3 is 4.98 Å². The van der Waals surface area contributed by atoms with E-state index >= 15 is 0 Å². The van der Waals surface area contributed by atoms with Crippen molar-refractivity contribution in [1.82, 2.24) is 15.0 Å². The monoisotopic (exact) mass is 365 g/mol. The molecule has 1 N–H and O–H groups in total. The molecule has 0 amide bonds. The zero-order valence-electron chi connectivity index (χ0n) is 13.7. The van der Waals surface area contributed by atoms with E-state index in [1.807, 2.05) is 36.4 Å². The van der Waals surface area contributed by atoms with Gasteiger partial charge in [-0.15, -0.1) is 11.3 Å². The maximum absolute atomic E-state index is 6.01. The number of halogens is 1. The lowest BCUT2D eigenvalue weighted by atomic mass is 10.1. The van der Waals surface area contributed by atoms with E-state index in [1.54, 1.807) is 23.7 Å². The van der Waals surface area contributed by atoms with Crippen molar-refractivity contribution in [1.29, 1.82) is 0 Å². The van der Waals surface area contributed by atoms with Gasteiger partial charge in [-0.2, -0.15) is 0 Å². The number of pyridine rings is 1. The Balaban J connectivity index is 1.87. The van der Waals surface area contributed by atoms with E-state index in [-0.39, 0.29) is 0 Å². The van der Waals surface area contributed by atoms with Gasteiger partial charge in [-0.05, 0) is 59.8 Å². The van der Waals surface area contributed by atoms with Crippen molar-refractivity contribution in [3.05, 3.63) is 70.8 Å². The third-order valence-corrected chi connectivity index (χ3v) is 5.33. The molecule has 0 saturated carbocycles. The highest BCUT2D eigenvalue weighted by Crippen LogP contribution is 2.36. The highest BCUT2D eigenvalue weighted by Gasteiger charge is 2.16. The molecule has 3 aromatic heterocycles. The third-order valence-electron chi connectivity index (χ3n) is 4.08. The highest BCUT2D eigenvalue weighted by molar-refractivity contribution is 7.13. The number of nitrogens with one attached hydrogen (secondary N) is 1. The van der Waals surface area contributed by atoms with Crippen LogP contribution in [0.2, 0.25) is 5.02 Å². The van der Waals surface area contributed by atoms with Crippen molar-refractivity contribution in [2.24, 2.45) is 0 Å². The summed E-state index contributed by atoms with van der Waals surface area (Å²) in [6.45, 7) is 2.17. The van der Waals surface area contributed by atoms with Crippen molar-refractivity contribution < 1.29 is 0 Å². The fraction of sp³-hybridized carbons (Fsp3) is 0.100. The Kier molecular flexibility index (Phi) is 4.38. The number of hydrogen-bond donors (Lipinski definition) is 1. The first-order chi connectivity index (χ1) is 12.2. The van der Waals surface area contributed by atoms with Gasteiger partial charge >= 0.3 is 0 Å². The predicted molar refractivity (Wildman–Crippen MR) is 105 cm³/mol. The molecule has 0 spiro atoms. The number of imidazole rings is 1. The second kappa shape index (κ2) is 6.82. The molecule has 0 atom stereocenters. The Morgan fingerprint density at radius 1 is 1.04 bits per heavy atom. The van der Waals surface area contributed by atoms with Gasteiger partial charge in [0.2, 0.25) is 0 Å². The van der Waals surface area contributed by atoms with Crippen molar-refractivity contribution in [2.45, 2.75) is 13.3 Å². The number of benzene rings is 1. The zero-order valence-corrected chi connectivity index (χ0v) is 15.2. The quantitative estimate of drug-likeness (QED) is 0.476. The average molecular weight is 366 g/mol. The van der Waals surface area contributed by atoms with Crippen LogP contribution in [0, 0.1) is 0 Å². The predicted octanol–water partition coefficient (Wildman–Crippen LogP) is 6.08. The molecule has 124 valence electrons. The van der Waals surface area contributed by atoms with Crippen LogP contribution in [-0.2, 0) is 6.42 Å². The summed E-state index contributed by atoms with van der Waals surface area (Å²) in [5.74, 6) is 0.838. The fourth-order valence-corrected chi connectivity index (χ4v) is 3.83. The minimum Gasteiger partial charge on any atom is -0.337 e. The molecule has 0 bridgehead atoms. The van der Waals surface area contributed by atoms with Crippen molar-refractivity contribution in [2.75, 3.05) is 0 Å². The number of aromatic nitrogens is 3. The van der Waals surface area contributed by atoms with Crippen molar-refractivity contribution >= 4 is 22.9 Å². The average Bonchev–Trinajstić information content (AvgIpc) is 3.30. The molecule has 0 aliphatic carbocycles. The molecule has 25 heavy (non-hydrogen) atoms. The molecular formula is C20H16ClN3S. The normalized spacial score (nSPS) is 11.0. The van der Waals surface area contributed by atoms with E-state index in [9.17, 15) is 0 Å². The van der Waals surface area contributed by atoms with Crippen LogP contribution in [0.25, 0.3) is 33.2 Å². The Hall–Kier alpha value is -2.43. The standard InChI is InChI=1S/C20H16ClN3S/c1-2-13-11-17(25-12-13)19-18(14-7-9-22-10-8-14)23-20(24-19)15-3-5-16(21)6-4-15/h3-12H,2H2,1H3,(H,23,24). The second-order valence-corrected chi connectivity index (χ2v) is 7.07. The third kappa shape index (κ3) is 3.23. The molecule has 5 heteroatoms. The van der Waals surface area contributed by atoms with Gasteiger partial charge in [0.1, 0.15) is 5.82 Å². The van der Waals surface area contributed by atoms with Crippen LogP contribution >= 0.6 is 22.9 Å². The second-order valence-electron chi connectivity index (χ2n) is 5.72. The van der Waals surface area contributed by atoms with Crippen LogP contribution in [-0.4, -0.2) is 15.0 Å². The summed E-state index contributed by atoms with van der Waals surface area (Å²) in [5.41, 5.74) is 5.38. The number of hydrogen-bond acceptors (Lipinski definition) is 3. The number of nitrogens with zero attached hydrogens (tertiary/aromatic N) is 2. The maximum Gasteiger partial charge on any atom is 0.138 e. The maximum atomic E-state index is 6.01. The van der Waals surface area contributed by atoms with Gasteiger partial charge in [-0.1, -0.05) is 18.5 Å². The summed E-state index contributed by atoms with van der Waals surface area (Å²) >= 11 is 7.75. The lowest BCUT2D eigenvalue weighted by molar-refractivity contribution is 1.16. The largest absolute Gasteiger partial charge is 0.337 e. The van der Waals surface area contributed by atoms with E-state index in [4.69, 9.17) is 16.6 Å². The van der Waals surface area contributed by atoms with Gasteiger partial charge in [0.15, 0.2) is 0 Å². The van der Waals surface area contributed by atoms with Crippen LogP contribution in [0.1, 0.15) is 12.5 Å². The molecule has 0 aliphatic rings. The Bertz CT molecular complexity index is 987. The van der Waals surface area contributed by atoms with Gasteiger partial charge in [0.05, 0.1) is 16.3 Å². The number of rotatable bonds is 4. The Morgan fingerprint density at radius 3 is 2.48 bits per heavy atom. The van der Waals surface area contributed by atoms with E-state index in [1.165, 1.54) is 10.4 Å². The lowest BCUT2D eigenvalue weighted by Gasteiger charge is -1.99. The van der Waals surface area contributed by atoms with Gasteiger partial charge in [-0.25, -0.2) is 4.98 Å². The van der Waals surface area contributed by atoms with Gasteiger partial charge in [0, 0.05) is 28.5 Å². The Labute approximate surface area is 155 Å². The molecule has 0 fully saturated rings. The number of aryl methyl sites for hydroxylation is 1. The van der Waals surface area contributed by atoms with Crippen molar-refractivity contribution in [3.63, 3.8) is 0 Å². The number of thiophene rings is 1. The molecule has 0 saturated heterocycles. The van der Waals surface area contributed by atoms with Gasteiger partial charge in [0.25, 0.3) is 0 Å².